The molecule has 0 saturated carbocycles. The normalized spacial score (nSPS) is 12.9. The molecule has 3 aromatic carbocycles. The summed E-state index contributed by atoms with van der Waals surface area (Å²) < 4.78 is 6.27. The van der Waals surface area contributed by atoms with Gasteiger partial charge >= 0.3 is 5.97 Å². The Kier molecular flexibility index (Phi) is 8.31. The molecule has 0 bridgehead atoms. The Morgan fingerprint density at radius 2 is 1.30 bits per heavy atom. The molecule has 0 aliphatic carbocycles. The van der Waals surface area contributed by atoms with Crippen LogP contribution in [0.3, 0.4) is 0 Å². The van der Waals surface area contributed by atoms with Crippen molar-refractivity contribution in [1.29, 1.82) is 0 Å². The van der Waals surface area contributed by atoms with Gasteiger partial charge in [0.1, 0.15) is 16.7 Å². The second-order valence-electron chi connectivity index (χ2n) is 15.3. The van der Waals surface area contributed by atoms with Crippen molar-refractivity contribution in [2.75, 3.05) is 0 Å². The van der Waals surface area contributed by atoms with Crippen molar-refractivity contribution in [1.82, 2.24) is 15.0 Å². The predicted molar refractivity (Wildman–Crippen MR) is 171 cm³/mol. The molecule has 1 heterocycles. The van der Waals surface area contributed by atoms with Gasteiger partial charge in [-0.05, 0) is 70.4 Å². The first-order valence-electron chi connectivity index (χ1n) is 14.7. The fourth-order valence-corrected chi connectivity index (χ4v) is 6.45. The molecule has 0 radical (unpaired) electrons. The number of esters is 1. The van der Waals surface area contributed by atoms with Crippen molar-refractivity contribution in [2.45, 2.75) is 92.9 Å². The van der Waals surface area contributed by atoms with Gasteiger partial charge in [-0.2, -0.15) is 0 Å². The van der Waals surface area contributed by atoms with Crippen LogP contribution in [0.25, 0.3) is 16.7 Å². The summed E-state index contributed by atoms with van der Waals surface area (Å²) in [4.78, 5) is 25.9. The first-order chi connectivity index (χ1) is 19.8. The fourth-order valence-electron chi connectivity index (χ4n) is 6.45. The molecule has 1 aromatic heterocycles. The van der Waals surface area contributed by atoms with Crippen LogP contribution < -0.4 is 4.74 Å². The minimum Gasteiger partial charge on any atom is -0.420 e. The number of rotatable bonds is 8. The van der Waals surface area contributed by atoms with E-state index in [1.807, 2.05) is 30.3 Å². The zero-order valence-corrected chi connectivity index (χ0v) is 27.1. The number of ether oxygens (including phenoxy) is 1. The van der Waals surface area contributed by atoms with Crippen molar-refractivity contribution >= 4 is 22.7 Å². The molecule has 0 fully saturated rings. The van der Waals surface area contributed by atoms with E-state index in [2.05, 4.69) is 75.3 Å². The molecule has 0 saturated heterocycles. The lowest BCUT2D eigenvalue weighted by Gasteiger charge is -2.37. The summed E-state index contributed by atoms with van der Waals surface area (Å²) in [6, 6.07) is 17.3. The van der Waals surface area contributed by atoms with Crippen molar-refractivity contribution in [3.63, 3.8) is 0 Å². The van der Waals surface area contributed by atoms with E-state index in [1.54, 1.807) is 4.80 Å². The molecule has 0 amide bonds. The SMILES string of the molecule is CC(C)(C)CC(C)(C)c1cc(-n2nc3ccccc3n2)c(OC(=O)c2ccc([N+](=O)[O-])cc2)c(C(C)(C)CC(C)(C)C)c1. The van der Waals surface area contributed by atoms with Crippen molar-refractivity contribution in [3.05, 3.63) is 87.5 Å². The number of fused-ring (bicyclic) bond motifs is 1. The van der Waals surface area contributed by atoms with Gasteiger partial charge in [-0.15, -0.1) is 15.0 Å². The molecule has 0 aliphatic rings. The van der Waals surface area contributed by atoms with Crippen LogP contribution in [0.4, 0.5) is 5.69 Å². The van der Waals surface area contributed by atoms with Crippen LogP contribution in [0, 0.1) is 20.9 Å². The van der Waals surface area contributed by atoms with E-state index in [1.165, 1.54) is 24.3 Å². The van der Waals surface area contributed by atoms with Gasteiger partial charge in [0.25, 0.3) is 5.69 Å². The molecule has 8 nitrogen and oxygen atoms in total. The third-order valence-electron chi connectivity index (χ3n) is 7.54. The molecule has 228 valence electrons. The quantitative estimate of drug-likeness (QED) is 0.0887. The van der Waals surface area contributed by atoms with E-state index >= 15 is 0 Å². The lowest BCUT2D eigenvalue weighted by atomic mass is 9.68. The van der Waals surface area contributed by atoms with Crippen molar-refractivity contribution in [3.8, 4) is 11.4 Å². The molecule has 0 unspecified atom stereocenters. The summed E-state index contributed by atoms with van der Waals surface area (Å²) in [6.45, 7) is 22.2. The topological polar surface area (TPSA) is 100 Å². The van der Waals surface area contributed by atoms with E-state index in [0.29, 0.717) is 11.4 Å². The zero-order valence-electron chi connectivity index (χ0n) is 27.1. The van der Waals surface area contributed by atoms with Crippen LogP contribution in [0.15, 0.2) is 60.7 Å². The minimum atomic E-state index is -0.609. The molecule has 0 aliphatic heterocycles. The number of hydrogen-bond acceptors (Lipinski definition) is 6. The van der Waals surface area contributed by atoms with Gasteiger partial charge in [0, 0.05) is 17.7 Å². The lowest BCUT2D eigenvalue weighted by molar-refractivity contribution is -0.384. The standard InChI is InChI=1S/C35H44N4O4/c1-32(2,3)21-34(7,8)24-19-26(35(9,10)22-33(4,5)6)30(43-31(40)23-15-17-25(18-16-23)39(41)42)29(20-24)38-36-27-13-11-12-14-28(27)37-38/h11-20H,21-22H2,1-10H3. The van der Waals surface area contributed by atoms with E-state index in [-0.39, 0.29) is 27.5 Å². The highest BCUT2D eigenvalue weighted by Crippen LogP contribution is 2.46. The number of aromatic nitrogens is 3. The summed E-state index contributed by atoms with van der Waals surface area (Å²) in [7, 11) is 0. The fraction of sp³-hybridized carbons (Fsp3) is 0.457. The molecule has 4 rings (SSSR count). The van der Waals surface area contributed by atoms with E-state index in [4.69, 9.17) is 14.9 Å². The Bertz CT molecular complexity index is 1620. The molecule has 0 atom stereocenters. The Balaban J connectivity index is 2.00. The van der Waals surface area contributed by atoms with E-state index < -0.39 is 16.3 Å². The molecule has 43 heavy (non-hydrogen) atoms. The highest BCUT2D eigenvalue weighted by Gasteiger charge is 2.36. The Labute approximate surface area is 254 Å². The van der Waals surface area contributed by atoms with Gasteiger partial charge in [-0.25, -0.2) is 4.79 Å². The third-order valence-corrected chi connectivity index (χ3v) is 7.54. The lowest BCUT2D eigenvalue weighted by Crippen LogP contribution is -2.29. The van der Waals surface area contributed by atoms with Crippen LogP contribution >= 0.6 is 0 Å². The maximum Gasteiger partial charge on any atom is 0.343 e. The Morgan fingerprint density at radius 1 is 0.791 bits per heavy atom. The number of carbonyl (C=O) groups excluding carboxylic acids is 1. The van der Waals surface area contributed by atoms with Crippen molar-refractivity contribution in [2.24, 2.45) is 10.8 Å². The summed E-state index contributed by atoms with van der Waals surface area (Å²) in [6.07, 6.45) is 1.74. The molecule has 4 aromatic rings. The van der Waals surface area contributed by atoms with Gasteiger partial charge in [0.15, 0.2) is 5.75 Å². The maximum atomic E-state index is 13.6. The van der Waals surface area contributed by atoms with Gasteiger partial charge in [0.2, 0.25) is 0 Å². The third kappa shape index (κ3) is 7.48. The molecular weight excluding hydrogens is 540 g/mol. The number of nitro benzene ring substituents is 1. The molecular formula is C35H44N4O4. The summed E-state index contributed by atoms with van der Waals surface area (Å²) >= 11 is 0. The molecule has 0 N–H and O–H groups in total. The van der Waals surface area contributed by atoms with Gasteiger partial charge < -0.3 is 4.74 Å². The summed E-state index contributed by atoms with van der Waals surface area (Å²) in [5.74, 6) is -0.226. The molecule has 8 heteroatoms. The number of nitrogens with zero attached hydrogens (tertiary/aromatic N) is 4. The van der Waals surface area contributed by atoms with Gasteiger partial charge in [0.05, 0.1) is 10.5 Å². The number of carbonyl (C=O) groups is 1. The van der Waals surface area contributed by atoms with E-state index in [9.17, 15) is 14.9 Å². The largest absolute Gasteiger partial charge is 0.420 e. The van der Waals surface area contributed by atoms with Gasteiger partial charge in [-0.3, -0.25) is 10.1 Å². The average Bonchev–Trinajstić information content (AvgIpc) is 3.30. The van der Waals surface area contributed by atoms with Crippen molar-refractivity contribution < 1.29 is 14.5 Å². The van der Waals surface area contributed by atoms with Crippen LogP contribution in [0.1, 0.15) is 104 Å². The number of nitro groups is 1. The average molecular weight is 585 g/mol. The van der Waals surface area contributed by atoms with Crippen LogP contribution in [-0.4, -0.2) is 25.9 Å². The van der Waals surface area contributed by atoms with E-state index in [0.717, 1.165) is 35.0 Å². The summed E-state index contributed by atoms with van der Waals surface area (Å²) in [5, 5.41) is 20.8. The Morgan fingerprint density at radius 3 is 1.79 bits per heavy atom. The highest BCUT2D eigenvalue weighted by atomic mass is 16.6. The smallest absolute Gasteiger partial charge is 0.343 e. The van der Waals surface area contributed by atoms with Gasteiger partial charge in [-0.1, -0.05) is 87.4 Å². The first kappa shape index (κ1) is 31.9. The first-order valence-corrected chi connectivity index (χ1v) is 14.7. The van der Waals surface area contributed by atoms with Crippen LogP contribution in [0.5, 0.6) is 5.75 Å². The second-order valence-corrected chi connectivity index (χ2v) is 15.3. The zero-order chi connectivity index (χ0) is 32.0. The maximum absolute atomic E-state index is 13.6. The van der Waals surface area contributed by atoms with Crippen LogP contribution in [0.2, 0.25) is 0 Å². The number of non-ortho nitro benzene ring substituents is 1. The number of hydrogen-bond donors (Lipinski definition) is 0. The minimum absolute atomic E-state index is 0.0150. The second kappa shape index (κ2) is 11.2. The monoisotopic (exact) mass is 584 g/mol. The van der Waals surface area contributed by atoms with Crippen LogP contribution in [-0.2, 0) is 10.8 Å². The number of benzene rings is 3. The predicted octanol–water partition coefficient (Wildman–Crippen LogP) is 8.98. The highest BCUT2D eigenvalue weighted by molar-refractivity contribution is 5.92. The summed E-state index contributed by atoms with van der Waals surface area (Å²) in [5.41, 5.74) is 3.57. The Hall–Kier alpha value is -4.07. The molecule has 0 spiro atoms.